The van der Waals surface area contributed by atoms with Gasteiger partial charge in [0.2, 0.25) is 5.91 Å². The second-order valence-corrected chi connectivity index (χ2v) is 7.06. The number of imidazole rings is 1. The normalized spacial score (nSPS) is 10.8. The van der Waals surface area contributed by atoms with E-state index in [0.717, 1.165) is 22.4 Å². The van der Waals surface area contributed by atoms with E-state index in [4.69, 9.17) is 21.3 Å². The Kier molecular flexibility index (Phi) is 5.49. The molecule has 1 N–H and O–H groups in total. The smallest absolute Gasteiger partial charge is 0.244 e. The Morgan fingerprint density at radius 3 is 2.69 bits per heavy atom. The van der Waals surface area contributed by atoms with Gasteiger partial charge in [-0.25, -0.2) is 4.98 Å². The van der Waals surface area contributed by atoms with Gasteiger partial charge in [-0.2, -0.15) is 0 Å². The third-order valence-corrected chi connectivity index (χ3v) is 5.06. The minimum Gasteiger partial charge on any atom is -0.497 e. The van der Waals surface area contributed by atoms with E-state index in [1.165, 1.54) is 0 Å². The van der Waals surface area contributed by atoms with Crippen molar-refractivity contribution in [2.24, 2.45) is 0 Å². The zero-order chi connectivity index (χ0) is 20.2. The standard InChI is InChI=1S/C23H20ClN3O2/c1-29-18-9-6-8-17(14-18)25-23(28)15-27-21-12-5-4-11-20(21)26-22(27)13-16-7-2-3-10-19(16)24/h2-12,14H,13,15H2,1H3,(H,25,28). The maximum absolute atomic E-state index is 12.8. The molecule has 5 nitrogen and oxygen atoms in total. The molecule has 4 rings (SSSR count). The number of carbonyl (C=O) groups is 1. The van der Waals surface area contributed by atoms with Gasteiger partial charge in [0.05, 0.1) is 18.1 Å². The highest BCUT2D eigenvalue weighted by Gasteiger charge is 2.15. The first kappa shape index (κ1) is 19.0. The predicted octanol–water partition coefficient (Wildman–Crippen LogP) is 4.93. The van der Waals surface area contributed by atoms with Gasteiger partial charge in [-0.15, -0.1) is 0 Å². The van der Waals surface area contributed by atoms with Crippen LogP contribution in [-0.2, 0) is 17.8 Å². The first-order valence-corrected chi connectivity index (χ1v) is 9.63. The summed E-state index contributed by atoms with van der Waals surface area (Å²) in [4.78, 5) is 17.5. The summed E-state index contributed by atoms with van der Waals surface area (Å²) in [6.07, 6.45) is 0.542. The van der Waals surface area contributed by atoms with E-state index in [0.29, 0.717) is 22.9 Å². The number of nitrogens with zero attached hydrogens (tertiary/aromatic N) is 2. The molecule has 0 radical (unpaired) electrons. The van der Waals surface area contributed by atoms with E-state index < -0.39 is 0 Å². The fourth-order valence-corrected chi connectivity index (χ4v) is 3.50. The Hall–Kier alpha value is -3.31. The van der Waals surface area contributed by atoms with E-state index in [1.807, 2.05) is 71.3 Å². The van der Waals surface area contributed by atoms with Gasteiger partial charge in [0.25, 0.3) is 0 Å². The Balaban J connectivity index is 1.63. The van der Waals surface area contributed by atoms with Gasteiger partial charge in [-0.1, -0.05) is 48.0 Å². The lowest BCUT2D eigenvalue weighted by atomic mass is 10.1. The molecule has 0 fully saturated rings. The van der Waals surface area contributed by atoms with Crippen molar-refractivity contribution in [1.82, 2.24) is 9.55 Å². The third kappa shape index (κ3) is 4.25. The SMILES string of the molecule is COc1cccc(NC(=O)Cn2c(Cc3ccccc3Cl)nc3ccccc32)c1. The fourth-order valence-electron chi connectivity index (χ4n) is 3.29. The number of methoxy groups -OCH3 is 1. The molecular formula is C23H20ClN3O2. The monoisotopic (exact) mass is 405 g/mol. The van der Waals surface area contributed by atoms with Crippen LogP contribution < -0.4 is 10.1 Å². The number of rotatable bonds is 6. The van der Waals surface area contributed by atoms with E-state index >= 15 is 0 Å². The van der Waals surface area contributed by atoms with Gasteiger partial charge in [-0.05, 0) is 35.9 Å². The predicted molar refractivity (Wildman–Crippen MR) is 116 cm³/mol. The Morgan fingerprint density at radius 1 is 1.07 bits per heavy atom. The third-order valence-electron chi connectivity index (χ3n) is 4.70. The molecule has 0 aliphatic heterocycles. The number of ether oxygens (including phenoxy) is 1. The van der Waals surface area contributed by atoms with Crippen LogP contribution in [0.5, 0.6) is 5.75 Å². The van der Waals surface area contributed by atoms with E-state index in [9.17, 15) is 4.79 Å². The van der Waals surface area contributed by atoms with Gasteiger partial charge < -0.3 is 14.6 Å². The highest BCUT2D eigenvalue weighted by atomic mass is 35.5. The molecule has 0 aliphatic rings. The molecule has 0 saturated heterocycles. The molecule has 1 heterocycles. The molecule has 29 heavy (non-hydrogen) atoms. The number of anilines is 1. The van der Waals surface area contributed by atoms with Crippen LogP contribution in [0, 0.1) is 0 Å². The maximum Gasteiger partial charge on any atom is 0.244 e. The van der Waals surface area contributed by atoms with Crippen LogP contribution >= 0.6 is 11.6 Å². The van der Waals surface area contributed by atoms with Crippen LogP contribution in [0.1, 0.15) is 11.4 Å². The number of aromatic nitrogens is 2. The summed E-state index contributed by atoms with van der Waals surface area (Å²) in [5, 5.41) is 3.62. The number of fused-ring (bicyclic) bond motifs is 1. The lowest BCUT2D eigenvalue weighted by Crippen LogP contribution is -2.20. The number of hydrogen-bond donors (Lipinski definition) is 1. The van der Waals surface area contributed by atoms with Gasteiger partial charge >= 0.3 is 0 Å². The van der Waals surface area contributed by atoms with Crippen LogP contribution in [0.3, 0.4) is 0 Å². The molecule has 0 unspecified atom stereocenters. The topological polar surface area (TPSA) is 56.1 Å². The lowest BCUT2D eigenvalue weighted by Gasteiger charge is -2.11. The molecule has 0 atom stereocenters. The number of benzene rings is 3. The molecular weight excluding hydrogens is 386 g/mol. The zero-order valence-corrected chi connectivity index (χ0v) is 16.7. The second kappa shape index (κ2) is 8.37. The number of nitrogens with one attached hydrogen (secondary N) is 1. The summed E-state index contributed by atoms with van der Waals surface area (Å²) in [6.45, 7) is 0.150. The fraction of sp³-hybridized carbons (Fsp3) is 0.130. The summed E-state index contributed by atoms with van der Waals surface area (Å²) >= 11 is 6.34. The molecule has 3 aromatic carbocycles. The Labute approximate surface area is 173 Å². The van der Waals surface area contributed by atoms with Crippen LogP contribution in [0.25, 0.3) is 11.0 Å². The zero-order valence-electron chi connectivity index (χ0n) is 15.9. The highest BCUT2D eigenvalue weighted by Crippen LogP contribution is 2.23. The van der Waals surface area contributed by atoms with Crippen molar-refractivity contribution >= 4 is 34.2 Å². The Morgan fingerprint density at radius 2 is 1.86 bits per heavy atom. The van der Waals surface area contributed by atoms with Gasteiger partial charge in [0.1, 0.15) is 18.1 Å². The van der Waals surface area contributed by atoms with Gasteiger partial charge in [-0.3, -0.25) is 4.79 Å². The largest absolute Gasteiger partial charge is 0.497 e. The van der Waals surface area contributed by atoms with Crippen LogP contribution in [0.2, 0.25) is 5.02 Å². The summed E-state index contributed by atoms with van der Waals surface area (Å²) in [6, 6.07) is 22.8. The first-order valence-electron chi connectivity index (χ1n) is 9.25. The van der Waals surface area contributed by atoms with Crippen LogP contribution in [0.15, 0.2) is 72.8 Å². The average molecular weight is 406 g/mol. The molecule has 0 saturated carbocycles. The highest BCUT2D eigenvalue weighted by molar-refractivity contribution is 6.31. The summed E-state index contributed by atoms with van der Waals surface area (Å²) < 4.78 is 7.16. The number of carbonyl (C=O) groups excluding carboxylic acids is 1. The average Bonchev–Trinajstić information content (AvgIpc) is 3.07. The Bertz CT molecular complexity index is 1170. The van der Waals surface area contributed by atoms with Crippen LogP contribution in [0.4, 0.5) is 5.69 Å². The lowest BCUT2D eigenvalue weighted by molar-refractivity contribution is -0.116. The molecule has 0 spiro atoms. The molecule has 0 bridgehead atoms. The van der Waals surface area contributed by atoms with E-state index in [1.54, 1.807) is 13.2 Å². The molecule has 6 heteroatoms. The number of para-hydroxylation sites is 2. The minimum absolute atomic E-state index is 0.137. The molecule has 4 aromatic rings. The van der Waals surface area contributed by atoms with Crippen molar-refractivity contribution in [3.63, 3.8) is 0 Å². The number of amides is 1. The van der Waals surface area contributed by atoms with Crippen molar-refractivity contribution in [3.8, 4) is 5.75 Å². The van der Waals surface area contributed by atoms with Gasteiger partial charge in [0.15, 0.2) is 0 Å². The first-order chi connectivity index (χ1) is 14.1. The minimum atomic E-state index is -0.137. The van der Waals surface area contributed by atoms with Crippen molar-refractivity contribution < 1.29 is 9.53 Å². The van der Waals surface area contributed by atoms with E-state index in [2.05, 4.69) is 5.32 Å². The molecule has 1 amide bonds. The van der Waals surface area contributed by atoms with Crippen molar-refractivity contribution in [2.45, 2.75) is 13.0 Å². The van der Waals surface area contributed by atoms with Gasteiger partial charge in [0, 0.05) is 23.2 Å². The van der Waals surface area contributed by atoms with Crippen LogP contribution in [-0.4, -0.2) is 22.6 Å². The maximum atomic E-state index is 12.8. The summed E-state index contributed by atoms with van der Waals surface area (Å²) in [5.74, 6) is 1.34. The summed E-state index contributed by atoms with van der Waals surface area (Å²) in [5.41, 5.74) is 3.42. The van der Waals surface area contributed by atoms with Crippen molar-refractivity contribution in [2.75, 3.05) is 12.4 Å². The van der Waals surface area contributed by atoms with E-state index in [-0.39, 0.29) is 12.5 Å². The molecule has 1 aromatic heterocycles. The molecule has 146 valence electrons. The summed E-state index contributed by atoms with van der Waals surface area (Å²) in [7, 11) is 1.60. The quantitative estimate of drug-likeness (QED) is 0.495. The second-order valence-electron chi connectivity index (χ2n) is 6.65. The van der Waals surface area contributed by atoms with Crippen molar-refractivity contribution in [1.29, 1.82) is 0 Å². The van der Waals surface area contributed by atoms with Crippen molar-refractivity contribution in [3.05, 3.63) is 89.2 Å². The number of halogens is 1. The number of hydrogen-bond acceptors (Lipinski definition) is 3. The molecule has 0 aliphatic carbocycles.